The van der Waals surface area contributed by atoms with Gasteiger partial charge in [-0.2, -0.15) is 0 Å². The number of rotatable bonds is 4. The molecule has 0 amide bonds. The molecule has 5 nitrogen and oxygen atoms in total. The molecule has 0 unspecified atom stereocenters. The molecule has 0 fully saturated rings. The Morgan fingerprint density at radius 1 is 1.26 bits per heavy atom. The standard InChI is InChI=1S/C17H20N2O3S/c1-12-9-14-10-15(23(18,20)21)7-8-16(14)19(12)11-13-5-3-4-6-17(13)22-2/h3-8,10,12H,9,11H2,1-2H3,(H2,18,20,21)/t12-/m0/s1. The number of sulfonamides is 1. The SMILES string of the molecule is COc1ccccc1CN1c2ccc(S(N)(=O)=O)cc2C[C@@H]1C. The summed E-state index contributed by atoms with van der Waals surface area (Å²) in [4.78, 5) is 2.43. The molecule has 1 atom stereocenters. The minimum atomic E-state index is -3.67. The first-order valence-corrected chi connectivity index (χ1v) is 8.99. The number of ether oxygens (including phenoxy) is 1. The van der Waals surface area contributed by atoms with Crippen LogP contribution in [-0.2, 0) is 23.0 Å². The second-order valence-electron chi connectivity index (χ2n) is 5.83. The second kappa shape index (κ2) is 5.86. The van der Waals surface area contributed by atoms with Gasteiger partial charge in [0.2, 0.25) is 10.0 Å². The minimum absolute atomic E-state index is 0.169. The Labute approximate surface area is 136 Å². The van der Waals surface area contributed by atoms with Crippen LogP contribution in [0.5, 0.6) is 5.75 Å². The molecule has 1 aliphatic heterocycles. The summed E-state index contributed by atoms with van der Waals surface area (Å²) in [5.41, 5.74) is 3.17. The lowest BCUT2D eigenvalue weighted by atomic mass is 10.1. The van der Waals surface area contributed by atoms with Gasteiger partial charge in [0.15, 0.2) is 0 Å². The van der Waals surface area contributed by atoms with Crippen molar-refractivity contribution in [1.82, 2.24) is 0 Å². The number of benzene rings is 2. The van der Waals surface area contributed by atoms with Gasteiger partial charge in [0.1, 0.15) is 5.75 Å². The van der Waals surface area contributed by atoms with Crippen LogP contribution >= 0.6 is 0 Å². The van der Waals surface area contributed by atoms with Crippen molar-refractivity contribution in [2.75, 3.05) is 12.0 Å². The van der Waals surface area contributed by atoms with Gasteiger partial charge in [-0.1, -0.05) is 18.2 Å². The summed E-state index contributed by atoms with van der Waals surface area (Å²) in [6.45, 7) is 2.85. The molecular weight excluding hydrogens is 312 g/mol. The number of methoxy groups -OCH3 is 1. The van der Waals surface area contributed by atoms with E-state index in [9.17, 15) is 8.42 Å². The van der Waals surface area contributed by atoms with Crippen molar-refractivity contribution in [2.45, 2.75) is 30.8 Å². The highest BCUT2D eigenvalue weighted by atomic mass is 32.2. The molecule has 23 heavy (non-hydrogen) atoms. The van der Waals surface area contributed by atoms with Gasteiger partial charge in [-0.15, -0.1) is 0 Å². The lowest BCUT2D eigenvalue weighted by Crippen LogP contribution is -2.28. The first-order chi connectivity index (χ1) is 10.9. The summed E-state index contributed by atoms with van der Waals surface area (Å²) in [5.74, 6) is 0.856. The molecule has 0 saturated heterocycles. The lowest BCUT2D eigenvalue weighted by molar-refractivity contribution is 0.408. The Morgan fingerprint density at radius 3 is 2.70 bits per heavy atom. The molecule has 122 valence electrons. The second-order valence-corrected chi connectivity index (χ2v) is 7.39. The molecule has 1 heterocycles. The zero-order chi connectivity index (χ0) is 16.6. The number of fused-ring (bicyclic) bond motifs is 1. The van der Waals surface area contributed by atoms with E-state index in [1.54, 1.807) is 19.2 Å². The summed E-state index contributed by atoms with van der Waals surface area (Å²) >= 11 is 0. The van der Waals surface area contributed by atoms with E-state index < -0.39 is 10.0 Å². The number of primary sulfonamides is 1. The summed E-state index contributed by atoms with van der Waals surface area (Å²) < 4.78 is 28.5. The monoisotopic (exact) mass is 332 g/mol. The van der Waals surface area contributed by atoms with E-state index in [1.807, 2.05) is 30.3 Å². The third kappa shape index (κ3) is 3.04. The Hall–Kier alpha value is -2.05. The molecule has 2 N–H and O–H groups in total. The fraction of sp³-hybridized carbons (Fsp3) is 0.294. The van der Waals surface area contributed by atoms with Crippen LogP contribution in [0.1, 0.15) is 18.1 Å². The van der Waals surface area contributed by atoms with Crippen LogP contribution in [0.2, 0.25) is 0 Å². The van der Waals surface area contributed by atoms with Gasteiger partial charge < -0.3 is 9.64 Å². The van der Waals surface area contributed by atoms with Crippen LogP contribution in [0.25, 0.3) is 0 Å². The normalized spacial score (nSPS) is 17.2. The van der Waals surface area contributed by atoms with E-state index >= 15 is 0 Å². The number of hydrogen-bond donors (Lipinski definition) is 1. The molecule has 1 aliphatic rings. The third-order valence-electron chi connectivity index (χ3n) is 4.27. The van der Waals surface area contributed by atoms with Gasteiger partial charge in [-0.25, -0.2) is 13.6 Å². The number of anilines is 1. The van der Waals surface area contributed by atoms with Crippen LogP contribution in [-0.4, -0.2) is 21.6 Å². The molecule has 0 aromatic heterocycles. The first kappa shape index (κ1) is 15.8. The quantitative estimate of drug-likeness (QED) is 0.932. The van der Waals surface area contributed by atoms with Crippen LogP contribution in [0.15, 0.2) is 47.4 Å². The molecule has 0 bridgehead atoms. The molecule has 3 rings (SSSR count). The summed E-state index contributed by atoms with van der Waals surface area (Å²) in [5, 5.41) is 5.22. The highest BCUT2D eigenvalue weighted by Gasteiger charge is 2.27. The van der Waals surface area contributed by atoms with E-state index in [4.69, 9.17) is 9.88 Å². The van der Waals surface area contributed by atoms with Crippen LogP contribution in [0.3, 0.4) is 0 Å². The Kier molecular flexibility index (Phi) is 4.04. The average Bonchev–Trinajstić information content (AvgIpc) is 2.82. The van der Waals surface area contributed by atoms with Crippen molar-refractivity contribution >= 4 is 15.7 Å². The van der Waals surface area contributed by atoms with Gasteiger partial charge >= 0.3 is 0 Å². The molecule has 0 aliphatic carbocycles. The van der Waals surface area contributed by atoms with Crippen LogP contribution in [0, 0.1) is 0 Å². The fourth-order valence-corrected chi connectivity index (χ4v) is 3.67. The van der Waals surface area contributed by atoms with Crippen molar-refractivity contribution in [3.05, 3.63) is 53.6 Å². The fourth-order valence-electron chi connectivity index (χ4n) is 3.11. The maximum absolute atomic E-state index is 11.5. The largest absolute Gasteiger partial charge is 0.496 e. The van der Waals surface area contributed by atoms with Crippen LogP contribution in [0.4, 0.5) is 5.69 Å². The Balaban J connectivity index is 1.95. The zero-order valence-electron chi connectivity index (χ0n) is 13.2. The van der Waals surface area contributed by atoms with E-state index in [-0.39, 0.29) is 10.9 Å². The predicted octanol–water partition coefficient (Wildman–Crippen LogP) is 2.29. The van der Waals surface area contributed by atoms with E-state index in [0.29, 0.717) is 6.54 Å². The maximum atomic E-state index is 11.5. The Bertz CT molecular complexity index is 833. The highest BCUT2D eigenvalue weighted by molar-refractivity contribution is 7.89. The predicted molar refractivity (Wildman–Crippen MR) is 90.2 cm³/mol. The van der Waals surface area contributed by atoms with Gasteiger partial charge in [-0.3, -0.25) is 0 Å². The molecule has 2 aromatic carbocycles. The molecule has 0 radical (unpaired) electrons. The van der Waals surface area contributed by atoms with E-state index in [0.717, 1.165) is 29.0 Å². The van der Waals surface area contributed by atoms with E-state index in [2.05, 4.69) is 11.8 Å². The number of nitrogens with two attached hydrogens (primary N) is 1. The minimum Gasteiger partial charge on any atom is -0.496 e. The van der Waals surface area contributed by atoms with Crippen molar-refractivity contribution in [3.63, 3.8) is 0 Å². The van der Waals surface area contributed by atoms with Gasteiger partial charge in [0.05, 0.1) is 12.0 Å². The van der Waals surface area contributed by atoms with Crippen molar-refractivity contribution < 1.29 is 13.2 Å². The Morgan fingerprint density at radius 2 is 2.00 bits per heavy atom. The number of hydrogen-bond acceptors (Lipinski definition) is 4. The van der Waals surface area contributed by atoms with Gasteiger partial charge in [0, 0.05) is 23.8 Å². The van der Waals surface area contributed by atoms with Crippen LogP contribution < -0.4 is 14.8 Å². The number of nitrogens with zero attached hydrogens (tertiary/aromatic N) is 1. The summed E-state index contributed by atoms with van der Waals surface area (Å²) in [7, 11) is -2.00. The highest BCUT2D eigenvalue weighted by Crippen LogP contribution is 2.35. The molecule has 6 heteroatoms. The smallest absolute Gasteiger partial charge is 0.238 e. The van der Waals surface area contributed by atoms with Crippen molar-refractivity contribution in [3.8, 4) is 5.75 Å². The average molecular weight is 332 g/mol. The van der Waals surface area contributed by atoms with Gasteiger partial charge in [0.25, 0.3) is 0 Å². The molecule has 0 spiro atoms. The van der Waals surface area contributed by atoms with E-state index in [1.165, 1.54) is 0 Å². The lowest BCUT2D eigenvalue weighted by Gasteiger charge is -2.26. The molecular formula is C17H20N2O3S. The first-order valence-electron chi connectivity index (χ1n) is 7.44. The topological polar surface area (TPSA) is 72.6 Å². The third-order valence-corrected chi connectivity index (χ3v) is 5.18. The summed E-state index contributed by atoms with van der Waals surface area (Å²) in [6, 6.07) is 13.3. The maximum Gasteiger partial charge on any atom is 0.238 e. The molecule has 2 aromatic rings. The van der Waals surface area contributed by atoms with Gasteiger partial charge in [-0.05, 0) is 43.2 Å². The molecule has 0 saturated carbocycles. The van der Waals surface area contributed by atoms with Crippen molar-refractivity contribution in [2.24, 2.45) is 5.14 Å². The van der Waals surface area contributed by atoms with Crippen molar-refractivity contribution in [1.29, 1.82) is 0 Å². The zero-order valence-corrected chi connectivity index (χ0v) is 14.0. The number of para-hydroxylation sites is 1. The summed E-state index contributed by atoms with van der Waals surface area (Å²) in [6.07, 6.45) is 0.799.